The molecule has 1 aliphatic rings. The molecule has 10 heteroatoms. The van der Waals surface area contributed by atoms with Gasteiger partial charge in [-0.05, 0) is 66.6 Å². The number of carbonyl (C=O) groups excluding carboxylic acids is 2. The van der Waals surface area contributed by atoms with E-state index >= 15 is 0 Å². The van der Waals surface area contributed by atoms with Gasteiger partial charge in [-0.3, -0.25) is 14.6 Å². The van der Waals surface area contributed by atoms with E-state index in [1.807, 2.05) is 55.5 Å². The van der Waals surface area contributed by atoms with Gasteiger partial charge < -0.3 is 15.0 Å². The van der Waals surface area contributed by atoms with Crippen molar-refractivity contribution >= 4 is 46.7 Å². The smallest absolute Gasteiger partial charge is 0.272 e. The average molecular weight is 576 g/mol. The van der Waals surface area contributed by atoms with Gasteiger partial charge in [-0.1, -0.05) is 41.4 Å². The second kappa shape index (κ2) is 11.5. The first-order valence-corrected chi connectivity index (χ1v) is 13.4. The van der Waals surface area contributed by atoms with Crippen LogP contribution in [-0.4, -0.2) is 45.1 Å². The largest absolute Gasteiger partial charge is 0.497 e. The van der Waals surface area contributed by atoms with Crippen LogP contribution in [0.2, 0.25) is 10.0 Å². The Hall–Kier alpha value is -4.14. The number of pyridine rings is 1. The standard InChI is InChI=1S/C30H27Cl2N5O3/c1-18(26-6-4-5-13-33-26)34-30(39)28-24-17-36(19(2)38)16-21(14-20-7-10-23(40-3)11-8-20)29(24)37(35-28)27-12-9-22(31)15-25(27)32/h4-15,18H,16-17H2,1-3H3,(H,34,39)/b21-14+/t18-/m1/s1. The molecule has 8 nitrogen and oxygen atoms in total. The summed E-state index contributed by atoms with van der Waals surface area (Å²) in [4.78, 5) is 32.3. The first-order valence-electron chi connectivity index (χ1n) is 12.6. The fraction of sp³-hybridized carbons (Fsp3) is 0.200. The van der Waals surface area contributed by atoms with Crippen molar-refractivity contribution in [1.82, 2.24) is 25.0 Å². The summed E-state index contributed by atoms with van der Waals surface area (Å²) in [5.74, 6) is 0.236. The van der Waals surface area contributed by atoms with E-state index in [2.05, 4.69) is 10.3 Å². The summed E-state index contributed by atoms with van der Waals surface area (Å²) >= 11 is 12.8. The molecule has 0 radical (unpaired) electrons. The summed E-state index contributed by atoms with van der Waals surface area (Å²) in [5.41, 5.74) is 4.52. The third kappa shape index (κ3) is 5.59. The summed E-state index contributed by atoms with van der Waals surface area (Å²) in [6, 6.07) is 17.9. The van der Waals surface area contributed by atoms with E-state index < -0.39 is 0 Å². The van der Waals surface area contributed by atoms with E-state index in [0.29, 0.717) is 33.5 Å². The number of amides is 2. The molecule has 1 atom stereocenters. The van der Waals surface area contributed by atoms with Crippen LogP contribution in [0.25, 0.3) is 17.3 Å². The molecule has 2 amide bonds. The molecule has 0 saturated carbocycles. The number of carbonyl (C=O) groups is 2. The molecule has 0 spiro atoms. The summed E-state index contributed by atoms with van der Waals surface area (Å²) < 4.78 is 6.96. The van der Waals surface area contributed by atoms with Crippen molar-refractivity contribution in [2.45, 2.75) is 26.4 Å². The quantitative estimate of drug-likeness (QED) is 0.305. The van der Waals surface area contributed by atoms with Crippen LogP contribution in [0.1, 0.15) is 52.9 Å². The van der Waals surface area contributed by atoms with Crippen LogP contribution in [0, 0.1) is 0 Å². The molecule has 40 heavy (non-hydrogen) atoms. The number of methoxy groups -OCH3 is 1. The Bertz CT molecular complexity index is 1600. The Kier molecular flexibility index (Phi) is 7.91. The van der Waals surface area contributed by atoms with Gasteiger partial charge in [0.2, 0.25) is 5.91 Å². The van der Waals surface area contributed by atoms with Crippen molar-refractivity contribution in [3.8, 4) is 11.4 Å². The van der Waals surface area contributed by atoms with Crippen LogP contribution < -0.4 is 10.1 Å². The first-order chi connectivity index (χ1) is 19.2. The van der Waals surface area contributed by atoms with E-state index in [4.69, 9.17) is 33.0 Å². The molecule has 4 aromatic rings. The van der Waals surface area contributed by atoms with Gasteiger partial charge in [0.25, 0.3) is 5.91 Å². The van der Waals surface area contributed by atoms with Crippen LogP contribution in [0.15, 0.2) is 66.9 Å². The minimum absolute atomic E-state index is 0.114. The maximum absolute atomic E-state index is 13.7. The summed E-state index contributed by atoms with van der Waals surface area (Å²) in [7, 11) is 1.61. The highest BCUT2D eigenvalue weighted by molar-refractivity contribution is 6.35. The zero-order chi connectivity index (χ0) is 28.4. The number of aromatic nitrogens is 3. The lowest BCUT2D eigenvalue weighted by Gasteiger charge is -2.29. The Morgan fingerprint density at radius 3 is 2.50 bits per heavy atom. The van der Waals surface area contributed by atoms with Crippen molar-refractivity contribution in [2.24, 2.45) is 0 Å². The number of nitrogens with zero attached hydrogens (tertiary/aromatic N) is 4. The fourth-order valence-corrected chi connectivity index (χ4v) is 5.16. The lowest BCUT2D eigenvalue weighted by Crippen LogP contribution is -2.35. The van der Waals surface area contributed by atoms with E-state index in [1.54, 1.807) is 41.1 Å². The van der Waals surface area contributed by atoms with Crippen molar-refractivity contribution < 1.29 is 14.3 Å². The third-order valence-corrected chi connectivity index (χ3v) is 7.27. The highest BCUT2D eigenvalue weighted by atomic mass is 35.5. The molecule has 2 aromatic carbocycles. The van der Waals surface area contributed by atoms with Gasteiger partial charge in [-0.25, -0.2) is 4.68 Å². The van der Waals surface area contributed by atoms with Crippen molar-refractivity contribution in [3.05, 3.63) is 105 Å². The Labute approximate surface area is 242 Å². The summed E-state index contributed by atoms with van der Waals surface area (Å²) in [5, 5.41) is 8.63. The normalized spacial score (nSPS) is 14.5. The highest BCUT2D eigenvalue weighted by Gasteiger charge is 2.33. The zero-order valence-corrected chi connectivity index (χ0v) is 23.7. The van der Waals surface area contributed by atoms with Crippen molar-refractivity contribution in [1.29, 1.82) is 0 Å². The Morgan fingerprint density at radius 1 is 1.07 bits per heavy atom. The number of rotatable bonds is 6. The molecule has 0 unspecified atom stereocenters. The number of nitrogens with one attached hydrogen (secondary N) is 1. The molecule has 204 valence electrons. The van der Waals surface area contributed by atoms with Crippen molar-refractivity contribution in [3.63, 3.8) is 0 Å². The number of ether oxygens (including phenoxy) is 1. The van der Waals surface area contributed by atoms with E-state index in [1.165, 1.54) is 6.92 Å². The van der Waals surface area contributed by atoms with E-state index in [-0.39, 0.29) is 30.1 Å². The van der Waals surface area contributed by atoms with Gasteiger partial charge in [-0.15, -0.1) is 0 Å². The molecule has 0 aliphatic carbocycles. The molecule has 1 N–H and O–H groups in total. The molecule has 0 fully saturated rings. The predicted octanol–water partition coefficient (Wildman–Crippen LogP) is 5.98. The minimum atomic E-state index is -0.382. The van der Waals surface area contributed by atoms with Crippen LogP contribution in [0.4, 0.5) is 0 Å². The van der Waals surface area contributed by atoms with Gasteiger partial charge in [0.15, 0.2) is 5.69 Å². The van der Waals surface area contributed by atoms with Gasteiger partial charge in [0.1, 0.15) is 5.75 Å². The minimum Gasteiger partial charge on any atom is -0.497 e. The Morgan fingerprint density at radius 2 is 1.85 bits per heavy atom. The molecule has 3 heterocycles. The van der Waals surface area contributed by atoms with Gasteiger partial charge in [-0.2, -0.15) is 5.10 Å². The monoisotopic (exact) mass is 575 g/mol. The van der Waals surface area contributed by atoms with Crippen LogP contribution >= 0.6 is 23.2 Å². The third-order valence-electron chi connectivity index (χ3n) is 6.73. The van der Waals surface area contributed by atoms with Gasteiger partial charge in [0.05, 0.1) is 41.8 Å². The molecular weight excluding hydrogens is 549 g/mol. The zero-order valence-electron chi connectivity index (χ0n) is 22.2. The number of benzene rings is 2. The molecule has 1 aliphatic heterocycles. The molecule has 5 rings (SSSR count). The fourth-order valence-electron chi connectivity index (χ4n) is 4.68. The topological polar surface area (TPSA) is 89.3 Å². The lowest BCUT2D eigenvalue weighted by atomic mass is 9.97. The van der Waals surface area contributed by atoms with Gasteiger partial charge in [0, 0.05) is 30.3 Å². The van der Waals surface area contributed by atoms with Gasteiger partial charge >= 0.3 is 0 Å². The summed E-state index contributed by atoms with van der Waals surface area (Å²) in [6.07, 6.45) is 3.66. The second-order valence-electron chi connectivity index (χ2n) is 9.45. The highest BCUT2D eigenvalue weighted by Crippen LogP contribution is 2.36. The first kappa shape index (κ1) is 27.4. The maximum atomic E-state index is 13.7. The average Bonchev–Trinajstić information content (AvgIpc) is 3.33. The van der Waals surface area contributed by atoms with E-state index in [9.17, 15) is 9.59 Å². The second-order valence-corrected chi connectivity index (χ2v) is 10.3. The van der Waals surface area contributed by atoms with E-state index in [0.717, 1.165) is 22.6 Å². The Balaban J connectivity index is 1.67. The molecule has 0 saturated heterocycles. The number of halogens is 2. The predicted molar refractivity (Wildman–Crippen MR) is 156 cm³/mol. The number of hydrogen-bond donors (Lipinski definition) is 1. The SMILES string of the molecule is COc1ccc(/C=C2\CN(C(C)=O)Cc3c(C(=O)N[C@H](C)c4ccccn4)nn(-c4ccc(Cl)cc4Cl)c32)cc1. The van der Waals surface area contributed by atoms with Crippen molar-refractivity contribution in [2.75, 3.05) is 13.7 Å². The van der Waals surface area contributed by atoms with Crippen LogP contribution in [-0.2, 0) is 11.3 Å². The molecule has 0 bridgehead atoms. The lowest BCUT2D eigenvalue weighted by molar-refractivity contribution is -0.128. The molecule has 2 aromatic heterocycles. The summed E-state index contributed by atoms with van der Waals surface area (Å²) in [6.45, 7) is 3.92. The van der Waals surface area contributed by atoms with Crippen LogP contribution in [0.3, 0.4) is 0 Å². The maximum Gasteiger partial charge on any atom is 0.272 e. The molecular formula is C30H27Cl2N5O3. The van der Waals surface area contributed by atoms with Crippen LogP contribution in [0.5, 0.6) is 5.75 Å². The number of hydrogen-bond acceptors (Lipinski definition) is 5. The number of fused-ring (bicyclic) bond motifs is 1.